The van der Waals surface area contributed by atoms with E-state index in [1.54, 1.807) is 36.4 Å². The second-order valence-electron chi connectivity index (χ2n) is 7.87. The Morgan fingerprint density at radius 2 is 1.82 bits per heavy atom. The molecule has 0 radical (unpaired) electrons. The summed E-state index contributed by atoms with van der Waals surface area (Å²) in [5.74, 6) is -2.09. The predicted octanol–water partition coefficient (Wildman–Crippen LogP) is 3.80. The highest BCUT2D eigenvalue weighted by Crippen LogP contribution is 2.37. The van der Waals surface area contributed by atoms with Crippen molar-refractivity contribution in [3.63, 3.8) is 0 Å². The van der Waals surface area contributed by atoms with Crippen LogP contribution in [0.15, 0.2) is 76.6 Å². The number of esters is 1. The lowest BCUT2D eigenvalue weighted by Gasteiger charge is -2.15. The van der Waals surface area contributed by atoms with Crippen LogP contribution in [-0.2, 0) is 30.6 Å². The Kier molecular flexibility index (Phi) is 6.30. The summed E-state index contributed by atoms with van der Waals surface area (Å²) in [4.78, 5) is 29.6. The van der Waals surface area contributed by atoms with Gasteiger partial charge in [-0.3, -0.25) is 14.6 Å². The average Bonchev–Trinajstić information content (AvgIpc) is 3.11. The van der Waals surface area contributed by atoms with Crippen LogP contribution >= 0.6 is 0 Å². The Bertz CT molecular complexity index is 1420. The maximum atomic E-state index is 13.8. The molecule has 34 heavy (non-hydrogen) atoms. The Balaban J connectivity index is 1.84. The monoisotopic (exact) mass is 480 g/mol. The van der Waals surface area contributed by atoms with Crippen molar-refractivity contribution in [1.29, 1.82) is 0 Å². The number of methoxy groups -OCH3 is 1. The van der Waals surface area contributed by atoms with Gasteiger partial charge in [0, 0.05) is 11.9 Å². The number of halogens is 1. The van der Waals surface area contributed by atoms with Gasteiger partial charge in [-0.05, 0) is 59.2 Å². The zero-order valence-electron chi connectivity index (χ0n) is 18.4. The van der Waals surface area contributed by atoms with Crippen LogP contribution in [0.25, 0.3) is 0 Å². The van der Waals surface area contributed by atoms with E-state index in [1.807, 2.05) is 0 Å². The van der Waals surface area contributed by atoms with E-state index in [4.69, 9.17) is 9.73 Å². The highest BCUT2D eigenvalue weighted by Gasteiger charge is 2.35. The third-order valence-electron chi connectivity index (χ3n) is 5.43. The van der Waals surface area contributed by atoms with E-state index in [2.05, 4.69) is 5.32 Å². The van der Waals surface area contributed by atoms with E-state index in [0.29, 0.717) is 33.8 Å². The first-order chi connectivity index (χ1) is 16.2. The number of rotatable bonds is 6. The Morgan fingerprint density at radius 3 is 2.50 bits per heavy atom. The van der Waals surface area contributed by atoms with Crippen LogP contribution in [0.5, 0.6) is 0 Å². The van der Waals surface area contributed by atoms with Crippen LogP contribution in [0, 0.1) is 5.82 Å². The Morgan fingerprint density at radius 1 is 1.09 bits per heavy atom. The van der Waals surface area contributed by atoms with E-state index in [-0.39, 0.29) is 17.2 Å². The van der Waals surface area contributed by atoms with Gasteiger partial charge in [0.25, 0.3) is 0 Å². The molecule has 1 atom stereocenters. The summed E-state index contributed by atoms with van der Waals surface area (Å²) in [6.45, 7) is 0. The molecule has 0 saturated heterocycles. The maximum absolute atomic E-state index is 13.8. The molecule has 9 heteroatoms. The first-order valence-corrected chi connectivity index (χ1v) is 12.2. The smallest absolute Gasteiger partial charge is 0.309 e. The molecular formula is C25H21FN2O5S. The molecule has 0 saturated carbocycles. The van der Waals surface area contributed by atoms with Gasteiger partial charge in [0.2, 0.25) is 5.91 Å². The van der Waals surface area contributed by atoms with Crippen LogP contribution < -0.4 is 5.32 Å². The molecule has 0 spiro atoms. The number of carbonyl (C=O) groups is 2. The van der Waals surface area contributed by atoms with Crippen molar-refractivity contribution in [1.82, 2.24) is 0 Å². The number of ether oxygens (including phenoxy) is 1. The van der Waals surface area contributed by atoms with Gasteiger partial charge in [-0.2, -0.15) is 0 Å². The highest BCUT2D eigenvalue weighted by molar-refractivity contribution is 7.90. The summed E-state index contributed by atoms with van der Waals surface area (Å²) >= 11 is 0. The van der Waals surface area contributed by atoms with Crippen molar-refractivity contribution in [2.75, 3.05) is 18.7 Å². The molecule has 1 N–H and O–H groups in total. The minimum atomic E-state index is -3.38. The first kappa shape index (κ1) is 23.3. The van der Waals surface area contributed by atoms with Gasteiger partial charge in [-0.25, -0.2) is 12.8 Å². The number of hydrogen-bond acceptors (Lipinski definition) is 6. The van der Waals surface area contributed by atoms with Crippen molar-refractivity contribution in [3.8, 4) is 0 Å². The number of benzene rings is 3. The lowest BCUT2D eigenvalue weighted by Crippen LogP contribution is -2.22. The normalized spacial score (nSPS) is 15.6. The van der Waals surface area contributed by atoms with Crippen molar-refractivity contribution in [2.24, 2.45) is 4.99 Å². The number of aliphatic imine (C=N–C) groups is 1. The van der Waals surface area contributed by atoms with Crippen molar-refractivity contribution in [3.05, 3.63) is 89.2 Å². The molecule has 1 heterocycles. The Hall–Kier alpha value is -3.85. The number of anilines is 1. The third-order valence-corrected chi connectivity index (χ3v) is 6.56. The molecular weight excluding hydrogens is 459 g/mol. The fourth-order valence-electron chi connectivity index (χ4n) is 3.79. The SMILES string of the molecule is COC(=O)Cc1cccc(C(=Nc2ccc(S(C)(=O)=O)cc2)C2C(=O)Nc3cc(F)ccc32)c1. The maximum Gasteiger partial charge on any atom is 0.309 e. The molecule has 0 aromatic heterocycles. The summed E-state index contributed by atoms with van der Waals surface area (Å²) in [7, 11) is -2.08. The minimum Gasteiger partial charge on any atom is -0.469 e. The Labute approximate surface area is 196 Å². The van der Waals surface area contributed by atoms with E-state index >= 15 is 0 Å². The van der Waals surface area contributed by atoms with E-state index in [0.717, 1.165) is 6.26 Å². The van der Waals surface area contributed by atoms with Crippen LogP contribution in [0.2, 0.25) is 0 Å². The number of nitrogens with zero attached hydrogens (tertiary/aromatic N) is 1. The lowest BCUT2D eigenvalue weighted by atomic mass is 9.89. The largest absolute Gasteiger partial charge is 0.469 e. The number of nitrogens with one attached hydrogen (secondary N) is 1. The van der Waals surface area contributed by atoms with Gasteiger partial charge in [0.05, 0.1) is 29.8 Å². The van der Waals surface area contributed by atoms with Crippen molar-refractivity contribution >= 4 is 38.8 Å². The molecule has 4 rings (SSSR count). The molecule has 1 aliphatic heterocycles. The molecule has 1 aliphatic rings. The molecule has 3 aromatic carbocycles. The molecule has 174 valence electrons. The van der Waals surface area contributed by atoms with Gasteiger partial charge in [-0.15, -0.1) is 0 Å². The first-order valence-electron chi connectivity index (χ1n) is 10.3. The zero-order valence-corrected chi connectivity index (χ0v) is 19.2. The summed E-state index contributed by atoms with van der Waals surface area (Å²) < 4.78 is 42.1. The molecule has 0 fully saturated rings. The molecule has 1 unspecified atom stereocenters. The van der Waals surface area contributed by atoms with Gasteiger partial charge in [0.15, 0.2) is 9.84 Å². The summed E-state index contributed by atoms with van der Waals surface area (Å²) in [5, 5.41) is 2.70. The van der Waals surface area contributed by atoms with Crippen molar-refractivity contribution < 1.29 is 27.1 Å². The van der Waals surface area contributed by atoms with Crippen LogP contribution in [0.1, 0.15) is 22.6 Å². The second kappa shape index (κ2) is 9.18. The average molecular weight is 481 g/mol. The van der Waals surface area contributed by atoms with E-state index in [9.17, 15) is 22.4 Å². The zero-order chi connectivity index (χ0) is 24.5. The molecule has 0 aliphatic carbocycles. The number of sulfone groups is 1. The number of hydrogen-bond donors (Lipinski definition) is 1. The topological polar surface area (TPSA) is 102 Å². The molecule has 3 aromatic rings. The van der Waals surface area contributed by atoms with Gasteiger partial charge in [-0.1, -0.05) is 24.3 Å². The number of fused-ring (bicyclic) bond motifs is 1. The fourth-order valence-corrected chi connectivity index (χ4v) is 4.42. The lowest BCUT2D eigenvalue weighted by molar-refractivity contribution is -0.139. The summed E-state index contributed by atoms with van der Waals surface area (Å²) in [5.41, 5.74) is 3.00. The number of carbonyl (C=O) groups excluding carboxylic acids is 2. The predicted molar refractivity (Wildman–Crippen MR) is 126 cm³/mol. The van der Waals surface area contributed by atoms with Crippen LogP contribution in [0.4, 0.5) is 15.8 Å². The van der Waals surface area contributed by atoms with Crippen LogP contribution in [-0.4, -0.2) is 39.4 Å². The quantitative estimate of drug-likeness (QED) is 0.427. The molecule has 7 nitrogen and oxygen atoms in total. The standard InChI is InChI=1S/C25H21FN2O5S/c1-33-22(29)13-15-4-3-5-16(12-15)24(27-18-7-9-19(10-8-18)34(2,31)32)23-20-11-6-17(26)14-21(20)28-25(23)30/h3-12,14,23H,13H2,1-2H3,(H,28,30). The van der Waals surface area contributed by atoms with Gasteiger partial charge in [0.1, 0.15) is 11.7 Å². The molecule has 1 amide bonds. The van der Waals surface area contributed by atoms with E-state index < -0.39 is 27.5 Å². The summed E-state index contributed by atoms with van der Waals surface area (Å²) in [6, 6.07) is 17.1. The molecule has 0 bridgehead atoms. The highest BCUT2D eigenvalue weighted by atomic mass is 32.2. The van der Waals surface area contributed by atoms with Crippen LogP contribution in [0.3, 0.4) is 0 Å². The van der Waals surface area contributed by atoms with Gasteiger partial charge >= 0.3 is 5.97 Å². The third kappa shape index (κ3) is 4.89. The number of amides is 1. The second-order valence-corrected chi connectivity index (χ2v) is 9.89. The fraction of sp³-hybridized carbons (Fsp3) is 0.160. The summed E-state index contributed by atoms with van der Waals surface area (Å²) in [6.07, 6.45) is 1.15. The van der Waals surface area contributed by atoms with Crippen molar-refractivity contribution in [2.45, 2.75) is 17.2 Å². The van der Waals surface area contributed by atoms with Gasteiger partial charge < -0.3 is 10.1 Å². The van der Waals surface area contributed by atoms with E-state index in [1.165, 1.54) is 37.4 Å². The minimum absolute atomic E-state index is 0.0410.